The van der Waals surface area contributed by atoms with Crippen molar-refractivity contribution in [2.24, 2.45) is 0 Å². The van der Waals surface area contributed by atoms with Gasteiger partial charge in [-0.3, -0.25) is 15.1 Å². The fraction of sp³-hybridized carbons (Fsp3) is 0.214. The minimum absolute atomic E-state index is 0.101. The summed E-state index contributed by atoms with van der Waals surface area (Å²) >= 11 is 0. The van der Waals surface area contributed by atoms with Crippen LogP contribution in [-0.4, -0.2) is 17.6 Å². The summed E-state index contributed by atoms with van der Waals surface area (Å²) in [5, 5.41) is 0. The Morgan fingerprint density at radius 3 is 2.56 bits per heavy atom. The topological polar surface area (TPSA) is 96.0 Å². The van der Waals surface area contributed by atoms with Gasteiger partial charge in [0.05, 0.1) is 31.6 Å². The molecule has 36 heavy (non-hydrogen) atoms. The molecular formula is C28H28N2O6. The molecule has 0 bridgehead atoms. The van der Waals surface area contributed by atoms with Crippen molar-refractivity contribution >= 4 is 11.7 Å². The molecule has 186 valence electrons. The third-order valence-corrected chi connectivity index (χ3v) is 5.20. The Kier molecular flexibility index (Phi) is 8.56. The van der Waals surface area contributed by atoms with Gasteiger partial charge in [0.15, 0.2) is 5.76 Å². The van der Waals surface area contributed by atoms with Crippen molar-refractivity contribution in [3.8, 4) is 17.2 Å². The van der Waals surface area contributed by atoms with Crippen LogP contribution in [0.25, 0.3) is 17.2 Å². The van der Waals surface area contributed by atoms with E-state index in [1.807, 2.05) is 61.5 Å². The molecule has 0 aliphatic carbocycles. The number of carbonyl (C=O) groups is 1. The third-order valence-electron chi connectivity index (χ3n) is 5.20. The zero-order chi connectivity index (χ0) is 25.2. The first kappa shape index (κ1) is 24.8. The molecule has 0 unspecified atom stereocenters. The predicted molar refractivity (Wildman–Crippen MR) is 133 cm³/mol. The number of carbonyl (C=O) groups excluding carboxylic acids is 1. The number of oxazole rings is 1. The van der Waals surface area contributed by atoms with Crippen molar-refractivity contribution in [1.29, 1.82) is 0 Å². The fourth-order valence-corrected chi connectivity index (χ4v) is 3.33. The first-order valence-corrected chi connectivity index (χ1v) is 11.6. The molecule has 8 heteroatoms. The van der Waals surface area contributed by atoms with Gasteiger partial charge in [-0.1, -0.05) is 30.3 Å². The lowest BCUT2D eigenvalue weighted by Gasteiger charge is -2.10. The lowest BCUT2D eigenvalue weighted by molar-refractivity contribution is -0.142. The van der Waals surface area contributed by atoms with Gasteiger partial charge in [0.25, 0.3) is 0 Å². The van der Waals surface area contributed by atoms with E-state index >= 15 is 0 Å². The standard InChI is InChI=1S/C28H28N2O6/c1-3-32-27(31)16-15-24(26-10-7-17-33-26)30-35-18-21-11-13-23(14-12-21)34-19-25-20(2)36-28(29-25)22-8-5-4-6-9-22/h4-15,17,30H,3,16,18-19H2,1-2H3. The number of esters is 1. The molecule has 4 aromatic rings. The van der Waals surface area contributed by atoms with Crippen LogP contribution in [0.3, 0.4) is 0 Å². The largest absolute Gasteiger partial charge is 0.487 e. The molecule has 8 nitrogen and oxygen atoms in total. The molecule has 0 spiro atoms. The number of rotatable bonds is 12. The van der Waals surface area contributed by atoms with Gasteiger partial charge < -0.3 is 18.3 Å². The van der Waals surface area contributed by atoms with Crippen LogP contribution in [0.2, 0.25) is 0 Å². The van der Waals surface area contributed by atoms with Crippen LogP contribution >= 0.6 is 0 Å². The highest BCUT2D eigenvalue weighted by atomic mass is 16.6. The number of aryl methyl sites for hydroxylation is 1. The van der Waals surface area contributed by atoms with Crippen LogP contribution in [0, 0.1) is 6.92 Å². The van der Waals surface area contributed by atoms with Crippen molar-refractivity contribution in [3.05, 3.63) is 102 Å². The number of nitrogens with one attached hydrogen (secondary N) is 1. The molecule has 0 saturated heterocycles. The smallest absolute Gasteiger partial charge is 0.309 e. The molecule has 4 rings (SSSR count). The highest BCUT2D eigenvalue weighted by molar-refractivity contribution is 5.74. The average molecular weight is 489 g/mol. The molecule has 2 aromatic carbocycles. The normalized spacial score (nSPS) is 11.3. The number of aromatic nitrogens is 1. The number of ether oxygens (including phenoxy) is 2. The van der Waals surface area contributed by atoms with Crippen LogP contribution in [0.1, 0.15) is 36.1 Å². The van der Waals surface area contributed by atoms with Crippen molar-refractivity contribution < 1.29 is 27.9 Å². The number of furan rings is 1. The maximum atomic E-state index is 11.7. The number of hydrogen-bond acceptors (Lipinski definition) is 8. The van der Waals surface area contributed by atoms with Crippen molar-refractivity contribution in [2.75, 3.05) is 6.61 Å². The van der Waals surface area contributed by atoms with E-state index in [4.69, 9.17) is 23.1 Å². The maximum absolute atomic E-state index is 11.7. The summed E-state index contributed by atoms with van der Waals surface area (Å²) in [5.41, 5.74) is 6.02. The molecule has 1 N–H and O–H groups in total. The van der Waals surface area contributed by atoms with E-state index in [2.05, 4.69) is 10.5 Å². The molecule has 0 saturated carbocycles. The molecule has 2 aromatic heterocycles. The first-order chi connectivity index (χ1) is 17.6. The summed E-state index contributed by atoms with van der Waals surface area (Å²) < 4.78 is 22.1. The van der Waals surface area contributed by atoms with Gasteiger partial charge in [0.2, 0.25) is 5.89 Å². The monoisotopic (exact) mass is 488 g/mol. The van der Waals surface area contributed by atoms with Crippen LogP contribution in [0.15, 0.2) is 87.9 Å². The van der Waals surface area contributed by atoms with Crippen molar-refractivity contribution in [1.82, 2.24) is 10.5 Å². The minimum Gasteiger partial charge on any atom is -0.487 e. The summed E-state index contributed by atoms with van der Waals surface area (Å²) in [4.78, 5) is 21.9. The van der Waals surface area contributed by atoms with Crippen LogP contribution in [0.5, 0.6) is 5.75 Å². The fourth-order valence-electron chi connectivity index (χ4n) is 3.33. The van der Waals surface area contributed by atoms with Crippen molar-refractivity contribution in [2.45, 2.75) is 33.5 Å². The zero-order valence-electron chi connectivity index (χ0n) is 20.2. The van der Waals surface area contributed by atoms with Crippen LogP contribution in [-0.2, 0) is 27.6 Å². The summed E-state index contributed by atoms with van der Waals surface area (Å²) in [7, 11) is 0. The number of hydroxylamine groups is 1. The highest BCUT2D eigenvalue weighted by Crippen LogP contribution is 2.23. The van der Waals surface area contributed by atoms with E-state index in [9.17, 15) is 4.79 Å². The lowest BCUT2D eigenvalue weighted by Crippen LogP contribution is -2.13. The predicted octanol–water partition coefficient (Wildman–Crippen LogP) is 5.84. The summed E-state index contributed by atoms with van der Waals surface area (Å²) in [6.07, 6.45) is 3.32. The third kappa shape index (κ3) is 6.86. The Labute approximate surface area is 209 Å². The summed E-state index contributed by atoms with van der Waals surface area (Å²) in [6, 6.07) is 20.9. The van der Waals surface area contributed by atoms with Gasteiger partial charge in [0, 0.05) is 5.56 Å². The zero-order valence-corrected chi connectivity index (χ0v) is 20.2. The Balaban J connectivity index is 1.28. The summed E-state index contributed by atoms with van der Waals surface area (Å²) in [6.45, 7) is 4.57. The second kappa shape index (κ2) is 12.4. The molecule has 0 fully saturated rings. The van der Waals surface area contributed by atoms with E-state index in [1.165, 1.54) is 0 Å². The van der Waals surface area contributed by atoms with Gasteiger partial charge in [-0.15, -0.1) is 0 Å². The van der Waals surface area contributed by atoms with Gasteiger partial charge in [-0.2, -0.15) is 0 Å². The van der Waals surface area contributed by atoms with Crippen LogP contribution < -0.4 is 10.2 Å². The number of nitrogens with zero attached hydrogens (tertiary/aromatic N) is 1. The Morgan fingerprint density at radius 1 is 1.03 bits per heavy atom. The SMILES string of the molecule is CCOC(=O)CC=C(NOCc1ccc(OCc2nc(-c3ccccc3)oc2C)cc1)c1ccco1. The van der Waals surface area contributed by atoms with Gasteiger partial charge in [0.1, 0.15) is 23.8 Å². The molecule has 0 radical (unpaired) electrons. The average Bonchev–Trinajstić information content (AvgIpc) is 3.56. The van der Waals surface area contributed by atoms with E-state index in [0.29, 0.717) is 42.9 Å². The van der Waals surface area contributed by atoms with Gasteiger partial charge in [-0.25, -0.2) is 4.98 Å². The van der Waals surface area contributed by atoms with E-state index in [0.717, 1.165) is 22.6 Å². The molecule has 0 aliphatic rings. The molecule has 0 atom stereocenters. The second-order valence-electron chi connectivity index (χ2n) is 7.82. The highest BCUT2D eigenvalue weighted by Gasteiger charge is 2.12. The van der Waals surface area contributed by atoms with Crippen molar-refractivity contribution in [3.63, 3.8) is 0 Å². The van der Waals surface area contributed by atoms with Crippen LogP contribution in [0.4, 0.5) is 0 Å². The Hall–Kier alpha value is -4.30. The molecule has 0 amide bonds. The number of hydrogen-bond donors (Lipinski definition) is 1. The number of benzene rings is 2. The Bertz CT molecular complexity index is 1260. The lowest BCUT2D eigenvalue weighted by atomic mass is 10.2. The first-order valence-electron chi connectivity index (χ1n) is 11.6. The Morgan fingerprint density at radius 2 is 1.83 bits per heavy atom. The van der Waals surface area contributed by atoms with E-state index in [1.54, 1.807) is 31.4 Å². The van der Waals surface area contributed by atoms with E-state index < -0.39 is 0 Å². The van der Waals surface area contributed by atoms with E-state index in [-0.39, 0.29) is 12.4 Å². The quantitative estimate of drug-likeness (QED) is 0.196. The van der Waals surface area contributed by atoms with Gasteiger partial charge in [-0.05, 0) is 61.9 Å². The minimum atomic E-state index is -0.323. The summed E-state index contributed by atoms with van der Waals surface area (Å²) in [5.74, 6) is 2.25. The second-order valence-corrected chi connectivity index (χ2v) is 7.82. The molecular weight excluding hydrogens is 460 g/mol. The maximum Gasteiger partial charge on any atom is 0.309 e. The van der Waals surface area contributed by atoms with Gasteiger partial charge >= 0.3 is 5.97 Å². The molecule has 2 heterocycles. The molecule has 0 aliphatic heterocycles.